The molecule has 0 aromatic heterocycles. The molecular weight excluding hydrogens is 147 g/mol. The summed E-state index contributed by atoms with van der Waals surface area (Å²) < 4.78 is 16.4. The summed E-state index contributed by atoms with van der Waals surface area (Å²) in [5.74, 6) is -0.670. The van der Waals surface area contributed by atoms with Crippen LogP contribution in [0.1, 0.15) is 6.42 Å². The molecule has 0 aliphatic heterocycles. The number of rotatable bonds is 1. The highest BCUT2D eigenvalue weighted by molar-refractivity contribution is 6.37. The van der Waals surface area contributed by atoms with E-state index >= 15 is 0 Å². The molecule has 0 heterocycles. The molecule has 0 N–H and O–H groups in total. The minimum Gasteiger partial charge on any atom is -0.468 e. The molecule has 4 heteroatoms. The van der Waals surface area contributed by atoms with Crippen LogP contribution in [-0.2, 0) is 9.53 Å². The van der Waals surface area contributed by atoms with Crippen LogP contribution in [0.15, 0.2) is 0 Å². The second-order valence-corrected chi connectivity index (χ2v) is 2.70. The molecule has 0 aromatic carbocycles. The largest absolute Gasteiger partial charge is 0.468 e. The maximum absolute atomic E-state index is 12.2. The van der Waals surface area contributed by atoms with Crippen LogP contribution in [0.4, 0.5) is 4.39 Å². The van der Waals surface area contributed by atoms with E-state index in [0.717, 1.165) is 0 Å². The minimum atomic E-state index is -1.34. The molecule has 0 bridgehead atoms. The number of carbonyl (C=O) groups is 1. The van der Waals surface area contributed by atoms with Crippen molar-refractivity contribution in [2.24, 2.45) is 0 Å². The van der Waals surface area contributed by atoms with Crippen molar-refractivity contribution in [3.8, 4) is 0 Å². The van der Waals surface area contributed by atoms with Crippen molar-refractivity contribution in [1.29, 1.82) is 0 Å². The van der Waals surface area contributed by atoms with Gasteiger partial charge in [-0.25, -0.2) is 4.39 Å². The van der Waals surface area contributed by atoms with E-state index in [1.807, 2.05) is 0 Å². The van der Waals surface area contributed by atoms with E-state index in [9.17, 15) is 9.18 Å². The van der Waals surface area contributed by atoms with Gasteiger partial charge in [-0.2, -0.15) is 0 Å². The van der Waals surface area contributed by atoms with Gasteiger partial charge in [0.05, 0.1) is 7.11 Å². The van der Waals surface area contributed by atoms with Crippen LogP contribution >= 0.6 is 11.6 Å². The molecule has 9 heavy (non-hydrogen) atoms. The Balaban J connectivity index is 2.53. The van der Waals surface area contributed by atoms with Crippen molar-refractivity contribution in [3.63, 3.8) is 0 Å². The van der Waals surface area contributed by atoms with Crippen LogP contribution in [0, 0.1) is 0 Å². The highest BCUT2D eigenvalue weighted by atomic mass is 35.5. The van der Waals surface area contributed by atoms with Gasteiger partial charge in [0.15, 0.2) is 4.87 Å². The number of ether oxygens (including phenoxy) is 1. The molecule has 1 rings (SSSR count). The van der Waals surface area contributed by atoms with E-state index < -0.39 is 17.0 Å². The van der Waals surface area contributed by atoms with Gasteiger partial charge in [0.1, 0.15) is 6.17 Å². The first kappa shape index (κ1) is 6.81. The monoisotopic (exact) mass is 152 g/mol. The number of esters is 1. The van der Waals surface area contributed by atoms with Crippen molar-refractivity contribution in [3.05, 3.63) is 0 Å². The predicted molar refractivity (Wildman–Crippen MR) is 30.1 cm³/mol. The third-order valence-corrected chi connectivity index (χ3v) is 1.88. The lowest BCUT2D eigenvalue weighted by Gasteiger charge is -2.00. The highest BCUT2D eigenvalue weighted by Crippen LogP contribution is 2.46. The molecule has 2 nitrogen and oxygen atoms in total. The van der Waals surface area contributed by atoms with Crippen LogP contribution in [0.25, 0.3) is 0 Å². The zero-order valence-corrected chi connectivity index (χ0v) is 5.61. The first-order valence-electron chi connectivity index (χ1n) is 2.52. The zero-order chi connectivity index (χ0) is 7.07. The molecule has 0 radical (unpaired) electrons. The van der Waals surface area contributed by atoms with E-state index in [2.05, 4.69) is 4.74 Å². The third-order valence-electron chi connectivity index (χ3n) is 1.34. The smallest absolute Gasteiger partial charge is 0.330 e. The lowest BCUT2D eigenvalue weighted by Crippen LogP contribution is -2.20. The molecule has 2 atom stereocenters. The number of alkyl halides is 2. The SMILES string of the molecule is COC(=O)C1(Cl)CC1F. The number of hydrogen-bond acceptors (Lipinski definition) is 2. The predicted octanol–water partition coefficient (Wildman–Crippen LogP) is 0.879. The normalized spacial score (nSPS) is 40.1. The summed E-state index contributed by atoms with van der Waals surface area (Å²) in [5.41, 5.74) is 0. The fourth-order valence-corrected chi connectivity index (χ4v) is 0.795. The van der Waals surface area contributed by atoms with Crippen molar-refractivity contribution in [2.45, 2.75) is 17.5 Å². The fourth-order valence-electron chi connectivity index (χ4n) is 0.583. The maximum Gasteiger partial charge on any atom is 0.330 e. The molecule has 2 unspecified atom stereocenters. The van der Waals surface area contributed by atoms with Crippen molar-refractivity contribution in [2.75, 3.05) is 7.11 Å². The van der Waals surface area contributed by atoms with Gasteiger partial charge in [-0.3, -0.25) is 4.79 Å². The van der Waals surface area contributed by atoms with Gasteiger partial charge < -0.3 is 4.74 Å². The number of carbonyl (C=O) groups excluding carboxylic acids is 1. The molecule has 1 aliphatic rings. The summed E-state index contributed by atoms with van der Waals surface area (Å²) in [6.07, 6.45) is -1.13. The molecular formula is C5H6ClFO2. The van der Waals surface area contributed by atoms with Gasteiger partial charge in [-0.15, -0.1) is 11.6 Å². The summed E-state index contributed by atoms with van der Waals surface area (Å²) in [5, 5.41) is 0. The van der Waals surface area contributed by atoms with Crippen LogP contribution in [0.2, 0.25) is 0 Å². The molecule has 0 aromatic rings. The Kier molecular flexibility index (Phi) is 1.39. The quantitative estimate of drug-likeness (QED) is 0.412. The number of halogens is 2. The van der Waals surface area contributed by atoms with Crippen LogP contribution in [0.3, 0.4) is 0 Å². The Bertz CT molecular complexity index is 150. The van der Waals surface area contributed by atoms with Gasteiger partial charge in [0, 0.05) is 6.42 Å². The lowest BCUT2D eigenvalue weighted by molar-refractivity contribution is -0.141. The summed E-state index contributed by atoms with van der Waals surface area (Å²) in [7, 11) is 1.19. The molecule has 0 saturated heterocycles. The molecule has 0 amide bonds. The molecule has 1 fully saturated rings. The van der Waals surface area contributed by atoms with Crippen LogP contribution in [-0.4, -0.2) is 24.1 Å². The van der Waals surface area contributed by atoms with Crippen LogP contribution < -0.4 is 0 Å². The molecule has 0 spiro atoms. The third kappa shape index (κ3) is 0.894. The first-order valence-corrected chi connectivity index (χ1v) is 2.90. The summed E-state index contributed by atoms with van der Waals surface area (Å²) in [6.45, 7) is 0. The van der Waals surface area contributed by atoms with Crippen molar-refractivity contribution >= 4 is 17.6 Å². The van der Waals surface area contributed by atoms with E-state index in [1.165, 1.54) is 7.11 Å². The van der Waals surface area contributed by atoms with Gasteiger partial charge >= 0.3 is 5.97 Å². The lowest BCUT2D eigenvalue weighted by atomic mass is 10.4. The summed E-state index contributed by atoms with van der Waals surface area (Å²) in [4.78, 5) is 9.17. The Hall–Kier alpha value is -0.310. The second kappa shape index (κ2) is 1.84. The van der Waals surface area contributed by atoms with E-state index in [-0.39, 0.29) is 6.42 Å². The average Bonchev–Trinajstić information content (AvgIpc) is 2.41. The topological polar surface area (TPSA) is 26.3 Å². The van der Waals surface area contributed by atoms with E-state index in [0.29, 0.717) is 0 Å². The Morgan fingerprint density at radius 3 is 2.56 bits per heavy atom. The Morgan fingerprint density at radius 2 is 2.44 bits per heavy atom. The zero-order valence-electron chi connectivity index (χ0n) is 4.86. The molecule has 1 aliphatic carbocycles. The van der Waals surface area contributed by atoms with Crippen molar-refractivity contribution < 1.29 is 13.9 Å². The summed E-state index contributed by atoms with van der Waals surface area (Å²) >= 11 is 5.40. The van der Waals surface area contributed by atoms with Gasteiger partial charge in [0.2, 0.25) is 0 Å². The Morgan fingerprint density at radius 1 is 2.00 bits per heavy atom. The standard InChI is InChI=1S/C5H6ClFO2/c1-9-4(8)5(6)2-3(5)7/h3H,2H2,1H3. The number of hydrogen-bond donors (Lipinski definition) is 0. The van der Waals surface area contributed by atoms with Crippen molar-refractivity contribution in [1.82, 2.24) is 0 Å². The van der Waals surface area contributed by atoms with Gasteiger partial charge in [0.25, 0.3) is 0 Å². The fraction of sp³-hybridized carbons (Fsp3) is 0.800. The minimum absolute atomic E-state index is 0.0846. The Labute approximate surface area is 56.9 Å². The molecule has 1 saturated carbocycles. The second-order valence-electron chi connectivity index (χ2n) is 2.03. The van der Waals surface area contributed by atoms with Gasteiger partial charge in [-0.05, 0) is 0 Å². The molecule has 52 valence electrons. The maximum atomic E-state index is 12.2. The van der Waals surface area contributed by atoms with E-state index in [1.54, 1.807) is 0 Å². The van der Waals surface area contributed by atoms with Gasteiger partial charge in [-0.1, -0.05) is 0 Å². The summed E-state index contributed by atoms with van der Waals surface area (Å²) in [6, 6.07) is 0. The highest BCUT2D eigenvalue weighted by Gasteiger charge is 2.61. The van der Waals surface area contributed by atoms with Crippen LogP contribution in [0.5, 0.6) is 0 Å². The number of methoxy groups -OCH3 is 1. The van der Waals surface area contributed by atoms with E-state index in [4.69, 9.17) is 11.6 Å². The average molecular weight is 153 g/mol. The first-order chi connectivity index (χ1) is 4.11.